The molecule has 1 heterocycles. The molecule has 1 aromatic heterocycles. The van der Waals surface area contributed by atoms with Gasteiger partial charge in [0.15, 0.2) is 0 Å². The summed E-state index contributed by atoms with van der Waals surface area (Å²) in [6.07, 6.45) is 3.91. The van der Waals surface area contributed by atoms with Crippen molar-refractivity contribution in [3.05, 3.63) is 84.2 Å². The number of nitrogens with one attached hydrogen (secondary N) is 1. The largest absolute Gasteiger partial charge is 0.497 e. The van der Waals surface area contributed by atoms with E-state index in [2.05, 4.69) is 10.5 Å². The summed E-state index contributed by atoms with van der Waals surface area (Å²) in [6.45, 7) is 1.84. The average Bonchev–Trinajstić information content (AvgIpc) is 3.21. The lowest BCUT2D eigenvalue weighted by Crippen LogP contribution is -2.19. The zero-order valence-electron chi connectivity index (χ0n) is 14.1. The summed E-state index contributed by atoms with van der Waals surface area (Å²) in [6, 6.07) is 18.8. The van der Waals surface area contributed by atoms with Gasteiger partial charge in [0.1, 0.15) is 5.75 Å². The lowest BCUT2D eigenvalue weighted by atomic mass is 10.1. The molecule has 1 amide bonds. The van der Waals surface area contributed by atoms with Crippen LogP contribution in [0.2, 0.25) is 0 Å². The third-order valence-electron chi connectivity index (χ3n) is 3.87. The van der Waals surface area contributed by atoms with Gasteiger partial charge in [0.2, 0.25) is 0 Å². The van der Waals surface area contributed by atoms with E-state index < -0.39 is 0 Å². The van der Waals surface area contributed by atoms with Gasteiger partial charge in [0.05, 0.1) is 12.8 Å². The van der Waals surface area contributed by atoms with Gasteiger partial charge < -0.3 is 9.30 Å². The zero-order valence-corrected chi connectivity index (χ0v) is 14.1. The van der Waals surface area contributed by atoms with Crippen LogP contribution in [0.25, 0.3) is 5.69 Å². The van der Waals surface area contributed by atoms with Gasteiger partial charge >= 0.3 is 0 Å². The lowest BCUT2D eigenvalue weighted by Gasteiger charge is -2.06. The Morgan fingerprint density at radius 3 is 2.16 bits per heavy atom. The second-order valence-corrected chi connectivity index (χ2v) is 5.50. The SMILES string of the molecule is COc1ccc(/C(C)=N\NC(=O)c2ccc(-n3cccc3)cc2)cc1. The fourth-order valence-electron chi connectivity index (χ4n) is 2.39. The molecule has 3 rings (SSSR count). The van der Waals surface area contributed by atoms with Crippen LogP contribution in [0.1, 0.15) is 22.8 Å². The summed E-state index contributed by atoms with van der Waals surface area (Å²) in [5, 5.41) is 4.17. The van der Waals surface area contributed by atoms with Gasteiger partial charge in [0.25, 0.3) is 5.91 Å². The molecule has 0 saturated carbocycles. The third-order valence-corrected chi connectivity index (χ3v) is 3.87. The molecule has 25 heavy (non-hydrogen) atoms. The standard InChI is InChI=1S/C20H19N3O2/c1-15(16-7-11-19(25-2)12-8-16)21-22-20(24)17-5-9-18(10-6-17)23-13-3-4-14-23/h3-14H,1-2H3,(H,22,24)/b21-15-. The van der Waals surface area contributed by atoms with Crippen molar-refractivity contribution < 1.29 is 9.53 Å². The summed E-state index contributed by atoms with van der Waals surface area (Å²) < 4.78 is 7.11. The Bertz CT molecular complexity index is 864. The Kier molecular flexibility index (Phi) is 4.95. The number of nitrogens with zero attached hydrogens (tertiary/aromatic N) is 2. The predicted octanol–water partition coefficient (Wildman–Crippen LogP) is 3.64. The van der Waals surface area contributed by atoms with Crippen molar-refractivity contribution in [1.29, 1.82) is 0 Å². The number of benzene rings is 2. The molecule has 5 heteroatoms. The van der Waals surface area contributed by atoms with E-state index in [0.717, 1.165) is 22.7 Å². The minimum atomic E-state index is -0.244. The van der Waals surface area contributed by atoms with E-state index in [-0.39, 0.29) is 5.91 Å². The molecule has 0 bridgehead atoms. The van der Waals surface area contributed by atoms with Gasteiger partial charge in [-0.05, 0) is 73.2 Å². The van der Waals surface area contributed by atoms with Crippen LogP contribution in [-0.2, 0) is 0 Å². The number of ether oxygens (including phenoxy) is 1. The van der Waals surface area contributed by atoms with Crippen LogP contribution in [0, 0.1) is 0 Å². The average molecular weight is 333 g/mol. The number of hydrogen-bond acceptors (Lipinski definition) is 3. The van der Waals surface area contributed by atoms with E-state index in [1.165, 1.54) is 0 Å². The molecular weight excluding hydrogens is 314 g/mol. The fraction of sp³-hybridized carbons (Fsp3) is 0.100. The first-order valence-corrected chi connectivity index (χ1v) is 7.90. The number of rotatable bonds is 5. The predicted molar refractivity (Wildman–Crippen MR) is 98.4 cm³/mol. The van der Waals surface area contributed by atoms with E-state index in [4.69, 9.17) is 4.74 Å². The fourth-order valence-corrected chi connectivity index (χ4v) is 2.39. The number of aromatic nitrogens is 1. The van der Waals surface area contributed by atoms with E-state index in [0.29, 0.717) is 5.56 Å². The van der Waals surface area contributed by atoms with Crippen LogP contribution in [0.3, 0.4) is 0 Å². The first-order chi connectivity index (χ1) is 12.2. The molecule has 0 fully saturated rings. The molecule has 2 aromatic carbocycles. The molecule has 0 saturated heterocycles. The molecule has 0 aliphatic heterocycles. The maximum atomic E-state index is 12.2. The Morgan fingerprint density at radius 2 is 1.56 bits per heavy atom. The highest BCUT2D eigenvalue weighted by Crippen LogP contribution is 2.12. The van der Waals surface area contributed by atoms with Gasteiger partial charge in [-0.2, -0.15) is 5.10 Å². The molecule has 126 valence electrons. The number of carbonyl (C=O) groups excluding carboxylic acids is 1. The van der Waals surface area contributed by atoms with Crippen molar-refractivity contribution in [2.24, 2.45) is 5.10 Å². The number of hydrogen-bond donors (Lipinski definition) is 1. The summed E-state index contributed by atoms with van der Waals surface area (Å²) in [5.41, 5.74) is 5.79. The number of hydrazone groups is 1. The third kappa shape index (κ3) is 3.95. The molecule has 0 unspecified atom stereocenters. The summed E-state index contributed by atoms with van der Waals surface area (Å²) >= 11 is 0. The molecule has 1 N–H and O–H groups in total. The van der Waals surface area contributed by atoms with E-state index in [1.807, 2.05) is 72.4 Å². The van der Waals surface area contributed by atoms with Crippen molar-refractivity contribution in [1.82, 2.24) is 9.99 Å². The summed E-state index contributed by atoms with van der Waals surface area (Å²) in [4.78, 5) is 12.2. The molecule has 0 spiro atoms. The zero-order chi connectivity index (χ0) is 17.6. The van der Waals surface area contributed by atoms with Gasteiger partial charge in [-0.25, -0.2) is 5.43 Å². The highest BCUT2D eigenvalue weighted by molar-refractivity contribution is 6.00. The first-order valence-electron chi connectivity index (χ1n) is 7.90. The normalized spacial score (nSPS) is 11.2. The van der Waals surface area contributed by atoms with Crippen molar-refractivity contribution in [2.45, 2.75) is 6.92 Å². The molecule has 0 radical (unpaired) electrons. The van der Waals surface area contributed by atoms with Crippen molar-refractivity contribution >= 4 is 11.6 Å². The monoisotopic (exact) mass is 333 g/mol. The summed E-state index contributed by atoms with van der Waals surface area (Å²) in [7, 11) is 1.62. The second-order valence-electron chi connectivity index (χ2n) is 5.50. The van der Waals surface area contributed by atoms with Crippen molar-refractivity contribution in [3.63, 3.8) is 0 Å². The minimum Gasteiger partial charge on any atom is -0.497 e. The quantitative estimate of drug-likeness (QED) is 0.572. The molecule has 0 atom stereocenters. The van der Waals surface area contributed by atoms with E-state index in [1.54, 1.807) is 19.2 Å². The summed E-state index contributed by atoms with van der Waals surface area (Å²) in [5.74, 6) is 0.537. The van der Waals surface area contributed by atoms with Crippen LogP contribution < -0.4 is 10.2 Å². The maximum Gasteiger partial charge on any atom is 0.271 e. The number of amides is 1. The van der Waals surface area contributed by atoms with Crippen LogP contribution in [0.15, 0.2) is 78.2 Å². The van der Waals surface area contributed by atoms with Crippen molar-refractivity contribution in [2.75, 3.05) is 7.11 Å². The Balaban J connectivity index is 1.66. The van der Waals surface area contributed by atoms with E-state index >= 15 is 0 Å². The number of carbonyl (C=O) groups is 1. The van der Waals surface area contributed by atoms with Crippen molar-refractivity contribution in [3.8, 4) is 11.4 Å². The van der Waals surface area contributed by atoms with Gasteiger partial charge in [0, 0.05) is 23.6 Å². The van der Waals surface area contributed by atoms with Crippen LogP contribution in [0.4, 0.5) is 0 Å². The molecule has 0 aliphatic rings. The lowest BCUT2D eigenvalue weighted by molar-refractivity contribution is 0.0955. The molecular formula is C20H19N3O2. The molecule has 3 aromatic rings. The Labute approximate surface area is 146 Å². The van der Waals surface area contributed by atoms with Gasteiger partial charge in [-0.15, -0.1) is 0 Å². The van der Waals surface area contributed by atoms with Crippen LogP contribution in [-0.4, -0.2) is 23.3 Å². The van der Waals surface area contributed by atoms with Gasteiger partial charge in [-0.3, -0.25) is 4.79 Å². The van der Waals surface area contributed by atoms with E-state index in [9.17, 15) is 4.79 Å². The molecule has 0 aliphatic carbocycles. The number of methoxy groups -OCH3 is 1. The first kappa shape index (κ1) is 16.5. The smallest absolute Gasteiger partial charge is 0.271 e. The van der Waals surface area contributed by atoms with Crippen LogP contribution >= 0.6 is 0 Å². The molecule has 5 nitrogen and oxygen atoms in total. The maximum absolute atomic E-state index is 12.2. The Hall–Kier alpha value is -3.34. The Morgan fingerprint density at radius 1 is 0.960 bits per heavy atom. The van der Waals surface area contributed by atoms with Gasteiger partial charge in [-0.1, -0.05) is 0 Å². The topological polar surface area (TPSA) is 55.6 Å². The second kappa shape index (κ2) is 7.49. The highest BCUT2D eigenvalue weighted by Gasteiger charge is 2.06. The van der Waals surface area contributed by atoms with Crippen LogP contribution in [0.5, 0.6) is 5.75 Å². The minimum absolute atomic E-state index is 0.244. The highest BCUT2D eigenvalue weighted by atomic mass is 16.5.